The number of hydrogen-bond acceptors (Lipinski definition) is 5. The van der Waals surface area contributed by atoms with Gasteiger partial charge in [0.05, 0.1) is 0 Å². The molecule has 0 aromatic heterocycles. The largest absolute Gasteiger partial charge is 1.00 e. The minimum Gasteiger partial charge on any atom is -0.550 e. The molecule has 0 saturated carbocycles. The fourth-order valence-corrected chi connectivity index (χ4v) is 0.937. The van der Waals surface area contributed by atoms with E-state index in [0.717, 1.165) is 6.54 Å². The van der Waals surface area contributed by atoms with Crippen LogP contribution in [-0.4, -0.2) is 49.6 Å². The molecule has 1 unspecified atom stereocenters. The van der Waals surface area contributed by atoms with Crippen molar-refractivity contribution in [2.75, 3.05) is 27.2 Å². The number of hydrogen-bond donors (Lipinski definition) is 2. The molecule has 0 saturated heterocycles. The van der Waals surface area contributed by atoms with E-state index in [1.54, 1.807) is 13.8 Å². The van der Waals surface area contributed by atoms with E-state index in [1.807, 2.05) is 0 Å². The number of carboxylic acids is 1. The van der Waals surface area contributed by atoms with E-state index in [9.17, 15) is 9.90 Å². The molecule has 0 aromatic rings. The molecule has 0 aliphatic rings. The van der Waals surface area contributed by atoms with E-state index in [-0.39, 0.29) is 33.8 Å². The maximum atomic E-state index is 9.59. The summed E-state index contributed by atoms with van der Waals surface area (Å²) in [5, 5.41) is 13.0. The van der Waals surface area contributed by atoms with Crippen LogP contribution >= 0.6 is 0 Å². The van der Waals surface area contributed by atoms with Crippen LogP contribution in [0.3, 0.4) is 0 Å². The van der Waals surface area contributed by atoms with Crippen LogP contribution in [0.15, 0.2) is 0 Å². The van der Waals surface area contributed by atoms with Crippen molar-refractivity contribution in [3.05, 3.63) is 0 Å². The maximum absolute atomic E-state index is 9.59. The van der Waals surface area contributed by atoms with Crippen LogP contribution in [0.5, 0.6) is 0 Å². The number of likely N-dealkylation sites (N-methyl/N-ethyl adjacent to an activating group) is 1. The van der Waals surface area contributed by atoms with Crippen LogP contribution in [-0.2, 0) is 27.2 Å². The summed E-state index contributed by atoms with van der Waals surface area (Å²) in [6, 6.07) is 0.455. The van der Waals surface area contributed by atoms with Gasteiger partial charge in [-0.05, 0) is 40.8 Å². The summed E-state index contributed by atoms with van der Waals surface area (Å²) < 4.78 is 0. The van der Waals surface area contributed by atoms with Gasteiger partial charge in [-0.2, -0.15) is 0 Å². The summed E-state index contributed by atoms with van der Waals surface area (Å²) in [5.74, 6) is -1.33. The molecule has 6 heteroatoms. The summed E-state index contributed by atoms with van der Waals surface area (Å²) in [7, 11) is 4.20. The van der Waals surface area contributed by atoms with Crippen LogP contribution in [0.4, 0.5) is 0 Å². The summed E-state index contributed by atoms with van der Waals surface area (Å²) in [4.78, 5) is 11.8. The zero-order valence-electron chi connectivity index (χ0n) is 13.2. The van der Waals surface area contributed by atoms with Gasteiger partial charge in [0, 0.05) is 30.6 Å². The second kappa shape index (κ2) is 11.9. The first-order valence-corrected chi connectivity index (χ1v) is 6.39. The number of nitrogens with zero attached hydrogens (tertiary/aromatic N) is 1. The SMILES string of the molecule is CC(C)C(=O)[O-].CC(NCCN)C(C)(C)N(C)C.[Ag+]. The molecule has 19 heavy (non-hydrogen) atoms. The molecular weight excluding hydrogens is 338 g/mol. The van der Waals surface area contributed by atoms with E-state index in [0.29, 0.717) is 12.6 Å². The first kappa shape index (κ1) is 24.1. The fourth-order valence-electron chi connectivity index (χ4n) is 0.937. The Hall–Kier alpha value is 0.0903. The standard InChI is InChI=1S/C9H23N3.C4H8O2.Ag/c1-8(11-7-6-10)9(2,3)12(4)5;1-3(2)4(5)6;/h8,11H,6-7,10H2,1-5H3;3H,1-2H3,(H,5,6);/q;;+1/p-1. The molecule has 0 heterocycles. The van der Waals surface area contributed by atoms with Crippen molar-refractivity contribution in [1.82, 2.24) is 10.2 Å². The van der Waals surface area contributed by atoms with Crippen LogP contribution in [0.25, 0.3) is 0 Å². The molecule has 0 spiro atoms. The topological polar surface area (TPSA) is 81.4 Å². The molecule has 0 rings (SSSR count). The van der Waals surface area contributed by atoms with Crippen molar-refractivity contribution in [3.63, 3.8) is 0 Å². The van der Waals surface area contributed by atoms with Gasteiger partial charge in [-0.15, -0.1) is 0 Å². The molecule has 0 bridgehead atoms. The van der Waals surface area contributed by atoms with Gasteiger partial charge in [-0.3, -0.25) is 0 Å². The molecule has 0 fully saturated rings. The smallest absolute Gasteiger partial charge is 0.550 e. The van der Waals surface area contributed by atoms with Crippen LogP contribution in [0, 0.1) is 5.92 Å². The molecule has 0 aliphatic carbocycles. The molecule has 0 radical (unpaired) electrons. The average molecular weight is 368 g/mol. The maximum Gasteiger partial charge on any atom is 1.00 e. The van der Waals surface area contributed by atoms with Crippen LogP contribution in [0.1, 0.15) is 34.6 Å². The van der Waals surface area contributed by atoms with Gasteiger partial charge in [0.15, 0.2) is 0 Å². The van der Waals surface area contributed by atoms with E-state index in [2.05, 4.69) is 45.1 Å². The van der Waals surface area contributed by atoms with Crippen molar-refractivity contribution >= 4 is 5.97 Å². The number of rotatable bonds is 6. The molecule has 0 aromatic carbocycles. The minimum absolute atomic E-state index is 0. The van der Waals surface area contributed by atoms with Gasteiger partial charge < -0.3 is 25.9 Å². The Morgan fingerprint density at radius 3 is 1.89 bits per heavy atom. The molecule has 5 nitrogen and oxygen atoms in total. The average Bonchev–Trinajstić information content (AvgIpc) is 2.26. The van der Waals surface area contributed by atoms with Gasteiger partial charge in [0.1, 0.15) is 0 Å². The Labute approximate surface area is 133 Å². The second-order valence-corrected chi connectivity index (χ2v) is 5.49. The number of carbonyl (C=O) groups is 1. The van der Waals surface area contributed by atoms with E-state index >= 15 is 0 Å². The monoisotopic (exact) mass is 367 g/mol. The van der Waals surface area contributed by atoms with E-state index in [4.69, 9.17) is 5.73 Å². The number of carbonyl (C=O) groups excluding carboxylic acids is 1. The third kappa shape index (κ3) is 11.6. The van der Waals surface area contributed by atoms with Crippen molar-refractivity contribution in [2.24, 2.45) is 11.7 Å². The first-order chi connectivity index (χ1) is 8.07. The minimum atomic E-state index is -0.991. The summed E-state index contributed by atoms with van der Waals surface area (Å²) in [6.07, 6.45) is 0. The Morgan fingerprint density at radius 2 is 1.68 bits per heavy atom. The van der Waals surface area contributed by atoms with E-state index in [1.165, 1.54) is 0 Å². The number of nitrogens with one attached hydrogen (secondary N) is 1. The summed E-state index contributed by atoms with van der Waals surface area (Å²) >= 11 is 0. The molecule has 0 aliphatic heterocycles. The van der Waals surface area contributed by atoms with Gasteiger partial charge >= 0.3 is 22.4 Å². The van der Waals surface area contributed by atoms with Crippen molar-refractivity contribution in [3.8, 4) is 0 Å². The molecule has 1 atom stereocenters. The van der Waals surface area contributed by atoms with Crippen LogP contribution < -0.4 is 16.2 Å². The molecular formula is C13H30AgN3O2. The third-order valence-corrected chi connectivity index (χ3v) is 3.28. The van der Waals surface area contributed by atoms with E-state index < -0.39 is 5.97 Å². The van der Waals surface area contributed by atoms with Crippen LogP contribution in [0.2, 0.25) is 0 Å². The Bertz CT molecular complexity index is 234. The van der Waals surface area contributed by atoms with Crippen molar-refractivity contribution < 1.29 is 32.3 Å². The normalized spacial score (nSPS) is 12.5. The predicted molar refractivity (Wildman–Crippen MR) is 74.1 cm³/mol. The van der Waals surface area contributed by atoms with Gasteiger partial charge in [-0.25, -0.2) is 0 Å². The molecule has 3 N–H and O–H groups in total. The molecule has 0 amide bonds. The van der Waals surface area contributed by atoms with Gasteiger partial charge in [0.2, 0.25) is 0 Å². The summed E-state index contributed by atoms with van der Waals surface area (Å²) in [5.41, 5.74) is 5.60. The fraction of sp³-hybridized carbons (Fsp3) is 0.923. The predicted octanol–water partition coefficient (Wildman–Crippen LogP) is -0.347. The zero-order valence-corrected chi connectivity index (χ0v) is 14.7. The quantitative estimate of drug-likeness (QED) is 0.627. The number of nitrogens with two attached hydrogens (primary N) is 1. The Kier molecular flexibility index (Phi) is 15.1. The van der Waals surface area contributed by atoms with Crippen molar-refractivity contribution in [2.45, 2.75) is 46.2 Å². The van der Waals surface area contributed by atoms with Gasteiger partial charge in [0.25, 0.3) is 0 Å². The second-order valence-electron chi connectivity index (χ2n) is 5.49. The number of aliphatic carboxylic acids is 1. The zero-order chi connectivity index (χ0) is 14.9. The summed E-state index contributed by atoms with van der Waals surface area (Å²) in [6.45, 7) is 11.4. The van der Waals surface area contributed by atoms with Gasteiger partial charge in [-0.1, -0.05) is 13.8 Å². The third-order valence-electron chi connectivity index (χ3n) is 3.28. The first-order valence-electron chi connectivity index (χ1n) is 6.39. The Balaban J connectivity index is -0.000000313. The molecule has 120 valence electrons. The number of carboxylic acid groups (broad SMARTS) is 1. The van der Waals surface area contributed by atoms with Crippen molar-refractivity contribution in [1.29, 1.82) is 0 Å². The Morgan fingerprint density at radius 1 is 1.32 bits per heavy atom.